The van der Waals surface area contributed by atoms with Gasteiger partial charge in [0.1, 0.15) is 11.3 Å². The van der Waals surface area contributed by atoms with Crippen molar-refractivity contribution in [3.8, 4) is 10.6 Å². The van der Waals surface area contributed by atoms with Crippen LogP contribution in [0.15, 0.2) is 18.3 Å². The summed E-state index contributed by atoms with van der Waals surface area (Å²) in [6.45, 7) is 8.09. The Morgan fingerprint density at radius 3 is 2.58 bits per heavy atom. The van der Waals surface area contributed by atoms with Gasteiger partial charge in [-0.15, -0.1) is 11.3 Å². The fourth-order valence-corrected chi connectivity index (χ4v) is 2.70. The average molecular weight is 278 g/mol. The Kier molecular flexibility index (Phi) is 3.49. The van der Waals surface area contributed by atoms with E-state index in [0.29, 0.717) is 5.69 Å². The lowest BCUT2D eigenvalue weighted by atomic mass is 10.1. The molecule has 0 atom stereocenters. The molecule has 0 bridgehead atoms. The summed E-state index contributed by atoms with van der Waals surface area (Å²) in [7, 11) is 0. The third-order valence-corrected chi connectivity index (χ3v) is 4.11. The molecular formula is C14H18N2O2S. The molecule has 0 spiro atoms. The van der Waals surface area contributed by atoms with E-state index in [1.54, 1.807) is 22.2 Å². The second-order valence-corrected chi connectivity index (χ2v) is 6.60. The summed E-state index contributed by atoms with van der Waals surface area (Å²) in [4.78, 5) is 13.5. The van der Waals surface area contributed by atoms with Crippen LogP contribution in [0.2, 0.25) is 0 Å². The summed E-state index contributed by atoms with van der Waals surface area (Å²) in [5, 5.41) is 13.8. The zero-order valence-electron chi connectivity index (χ0n) is 11.6. The number of thiophene rings is 1. The highest BCUT2D eigenvalue weighted by Crippen LogP contribution is 2.31. The monoisotopic (exact) mass is 278 g/mol. The molecule has 2 rings (SSSR count). The van der Waals surface area contributed by atoms with Crippen molar-refractivity contribution >= 4 is 17.3 Å². The molecule has 0 radical (unpaired) electrons. The van der Waals surface area contributed by atoms with Crippen LogP contribution in [0.4, 0.5) is 0 Å². The number of carbonyl (C=O) groups is 1. The molecule has 0 amide bonds. The van der Waals surface area contributed by atoms with Gasteiger partial charge in [0.05, 0.1) is 10.4 Å². The summed E-state index contributed by atoms with van der Waals surface area (Å²) in [5.41, 5.74) is 0.597. The molecule has 0 unspecified atom stereocenters. The topological polar surface area (TPSA) is 55.1 Å². The molecule has 0 aliphatic rings. The smallest absolute Gasteiger partial charge is 0.339 e. The molecule has 0 saturated heterocycles. The summed E-state index contributed by atoms with van der Waals surface area (Å²) in [6, 6.07) is 3.98. The quantitative estimate of drug-likeness (QED) is 0.932. The Bertz CT molecular complexity index is 605. The van der Waals surface area contributed by atoms with E-state index in [4.69, 9.17) is 0 Å². The second-order valence-electron chi connectivity index (χ2n) is 5.43. The normalized spacial score (nSPS) is 11.8. The molecular weight excluding hydrogens is 260 g/mol. The number of carboxylic acid groups (broad SMARTS) is 1. The predicted octanol–water partition coefficient (Wildman–Crippen LogP) is 3.63. The van der Waals surface area contributed by atoms with Crippen molar-refractivity contribution in [1.29, 1.82) is 0 Å². The molecule has 0 aromatic carbocycles. The van der Waals surface area contributed by atoms with Crippen molar-refractivity contribution in [3.63, 3.8) is 0 Å². The van der Waals surface area contributed by atoms with Crippen LogP contribution in [0.5, 0.6) is 0 Å². The van der Waals surface area contributed by atoms with Crippen LogP contribution in [-0.4, -0.2) is 20.9 Å². The highest BCUT2D eigenvalue weighted by molar-refractivity contribution is 7.15. The number of carboxylic acids is 1. The lowest BCUT2D eigenvalue weighted by Gasteiger charge is -2.18. The lowest BCUT2D eigenvalue weighted by molar-refractivity contribution is 0.0697. The van der Waals surface area contributed by atoms with Gasteiger partial charge in [-0.2, -0.15) is 5.10 Å². The lowest BCUT2D eigenvalue weighted by Crippen LogP contribution is -2.22. The highest BCUT2D eigenvalue weighted by atomic mass is 32.1. The SMILES string of the molecule is CCc1ccc(-c2nn(C(C)(C)C)cc2C(=O)O)s1. The Balaban J connectivity index is 2.55. The van der Waals surface area contributed by atoms with Crippen LogP contribution in [0.3, 0.4) is 0 Å². The summed E-state index contributed by atoms with van der Waals surface area (Å²) in [6.07, 6.45) is 2.57. The maximum atomic E-state index is 11.4. The maximum Gasteiger partial charge on any atom is 0.339 e. The molecule has 0 aliphatic heterocycles. The van der Waals surface area contributed by atoms with Crippen LogP contribution < -0.4 is 0 Å². The molecule has 102 valence electrons. The first-order valence-corrected chi connectivity index (χ1v) is 7.07. The summed E-state index contributed by atoms with van der Waals surface area (Å²) >= 11 is 1.60. The molecule has 4 nitrogen and oxygen atoms in total. The number of aryl methyl sites for hydroxylation is 1. The largest absolute Gasteiger partial charge is 0.478 e. The van der Waals surface area contributed by atoms with Gasteiger partial charge in [0.2, 0.25) is 0 Å². The molecule has 2 aromatic heterocycles. The van der Waals surface area contributed by atoms with Crippen LogP contribution in [0.1, 0.15) is 42.9 Å². The van der Waals surface area contributed by atoms with Gasteiger partial charge in [0.15, 0.2) is 0 Å². The fraction of sp³-hybridized carbons (Fsp3) is 0.429. The zero-order chi connectivity index (χ0) is 14.2. The minimum atomic E-state index is -0.933. The van der Waals surface area contributed by atoms with Gasteiger partial charge in [0.25, 0.3) is 0 Å². The average Bonchev–Trinajstić information content (AvgIpc) is 2.94. The van der Waals surface area contributed by atoms with E-state index in [2.05, 4.69) is 12.0 Å². The van der Waals surface area contributed by atoms with Crippen LogP contribution in [0, 0.1) is 0 Å². The maximum absolute atomic E-state index is 11.4. The minimum Gasteiger partial charge on any atom is -0.478 e. The van der Waals surface area contributed by atoms with Crippen molar-refractivity contribution in [2.75, 3.05) is 0 Å². The van der Waals surface area contributed by atoms with Gasteiger partial charge in [-0.3, -0.25) is 4.68 Å². The van der Waals surface area contributed by atoms with E-state index in [0.717, 1.165) is 11.3 Å². The molecule has 1 N–H and O–H groups in total. The van der Waals surface area contributed by atoms with Gasteiger partial charge >= 0.3 is 5.97 Å². The summed E-state index contributed by atoms with van der Waals surface area (Å²) < 4.78 is 1.72. The van der Waals surface area contributed by atoms with Gasteiger partial charge in [-0.05, 0) is 39.3 Å². The van der Waals surface area contributed by atoms with Crippen molar-refractivity contribution in [2.45, 2.75) is 39.7 Å². The van der Waals surface area contributed by atoms with Crippen LogP contribution in [-0.2, 0) is 12.0 Å². The first kappa shape index (κ1) is 13.8. The molecule has 0 aliphatic carbocycles. The molecule has 0 fully saturated rings. The van der Waals surface area contributed by atoms with E-state index in [1.807, 2.05) is 32.9 Å². The first-order chi connectivity index (χ1) is 8.82. The van der Waals surface area contributed by atoms with E-state index < -0.39 is 5.97 Å². The highest BCUT2D eigenvalue weighted by Gasteiger charge is 2.23. The molecule has 2 heterocycles. The predicted molar refractivity (Wildman–Crippen MR) is 76.9 cm³/mol. The van der Waals surface area contributed by atoms with E-state index >= 15 is 0 Å². The van der Waals surface area contributed by atoms with Gasteiger partial charge in [-0.1, -0.05) is 6.92 Å². The van der Waals surface area contributed by atoms with Crippen LogP contribution >= 0.6 is 11.3 Å². The molecule has 19 heavy (non-hydrogen) atoms. The Hall–Kier alpha value is -1.62. The van der Waals surface area contributed by atoms with E-state index in [9.17, 15) is 9.90 Å². The van der Waals surface area contributed by atoms with Crippen molar-refractivity contribution < 1.29 is 9.90 Å². The zero-order valence-corrected chi connectivity index (χ0v) is 12.4. The Morgan fingerprint density at radius 2 is 2.11 bits per heavy atom. The first-order valence-electron chi connectivity index (χ1n) is 6.25. The van der Waals surface area contributed by atoms with Gasteiger partial charge in [0, 0.05) is 11.1 Å². The fourth-order valence-electron chi connectivity index (χ4n) is 1.75. The number of aromatic carboxylic acids is 1. The third kappa shape index (κ3) is 2.71. The number of hydrogen-bond acceptors (Lipinski definition) is 3. The number of hydrogen-bond donors (Lipinski definition) is 1. The van der Waals surface area contributed by atoms with Crippen LogP contribution in [0.25, 0.3) is 10.6 Å². The Morgan fingerprint density at radius 1 is 1.42 bits per heavy atom. The van der Waals surface area contributed by atoms with Crippen molar-refractivity contribution in [2.24, 2.45) is 0 Å². The number of aromatic nitrogens is 2. The number of nitrogens with zero attached hydrogens (tertiary/aromatic N) is 2. The van der Waals surface area contributed by atoms with E-state index in [-0.39, 0.29) is 11.1 Å². The summed E-state index contributed by atoms with van der Waals surface area (Å²) in [5.74, 6) is -0.933. The molecule has 0 saturated carbocycles. The standard InChI is InChI=1S/C14H18N2O2S/c1-5-9-6-7-11(19-9)12-10(13(17)18)8-16(15-12)14(2,3)4/h6-8H,5H2,1-4H3,(H,17,18). The van der Waals surface area contributed by atoms with Crippen molar-refractivity contribution in [1.82, 2.24) is 9.78 Å². The third-order valence-electron chi connectivity index (χ3n) is 2.88. The number of rotatable bonds is 3. The Labute approximate surface area is 116 Å². The second kappa shape index (κ2) is 4.81. The molecule has 2 aromatic rings. The van der Waals surface area contributed by atoms with E-state index in [1.165, 1.54) is 4.88 Å². The minimum absolute atomic E-state index is 0.229. The van der Waals surface area contributed by atoms with Gasteiger partial charge in [-0.25, -0.2) is 4.79 Å². The van der Waals surface area contributed by atoms with Gasteiger partial charge < -0.3 is 5.11 Å². The molecule has 5 heteroatoms. The van der Waals surface area contributed by atoms with Crippen molar-refractivity contribution in [3.05, 3.63) is 28.8 Å².